The van der Waals surface area contributed by atoms with Gasteiger partial charge in [-0.3, -0.25) is 9.48 Å². The van der Waals surface area contributed by atoms with Gasteiger partial charge in [0.2, 0.25) is 5.91 Å². The van der Waals surface area contributed by atoms with Crippen LogP contribution < -0.4 is 0 Å². The van der Waals surface area contributed by atoms with Crippen molar-refractivity contribution in [3.63, 3.8) is 0 Å². The molecule has 1 aliphatic rings. The molecule has 2 heterocycles. The fourth-order valence-corrected chi connectivity index (χ4v) is 3.03. The number of nitrogens with zero attached hydrogens (tertiary/aromatic N) is 4. The highest BCUT2D eigenvalue weighted by Crippen LogP contribution is 2.36. The number of benzene rings is 1. The second-order valence-electron chi connectivity index (χ2n) is 5.98. The summed E-state index contributed by atoms with van der Waals surface area (Å²) in [6.45, 7) is 0.428. The standard InChI is InChI=1S/C16H17F3N4O2/c17-16(18,19)12-3-1-2-11(6-12)14-7-13(24)8-23(14)15(25)4-5-22-10-20-9-21-22/h1-3,6,9-10,13-14,24H,4-5,7-8H2/t13-,14-/m0/s1. The number of aryl methyl sites for hydroxylation is 1. The normalized spacial score (nSPS) is 20.9. The van der Waals surface area contributed by atoms with Gasteiger partial charge in [-0.05, 0) is 24.1 Å². The highest BCUT2D eigenvalue weighted by Gasteiger charge is 2.37. The summed E-state index contributed by atoms with van der Waals surface area (Å²) in [5.41, 5.74) is -0.387. The Morgan fingerprint density at radius 3 is 2.84 bits per heavy atom. The molecule has 1 fully saturated rings. The number of carbonyl (C=O) groups is 1. The first kappa shape index (κ1) is 17.4. The number of aliphatic hydroxyl groups is 1. The summed E-state index contributed by atoms with van der Waals surface area (Å²) in [6, 6.07) is 4.34. The average molecular weight is 354 g/mol. The van der Waals surface area contributed by atoms with Crippen LogP contribution in [0.2, 0.25) is 0 Å². The molecule has 1 amide bonds. The van der Waals surface area contributed by atoms with Crippen molar-refractivity contribution in [2.45, 2.75) is 37.7 Å². The molecule has 6 nitrogen and oxygen atoms in total. The Labute approximate surface area is 141 Å². The van der Waals surface area contributed by atoms with E-state index in [0.29, 0.717) is 12.1 Å². The maximum absolute atomic E-state index is 12.9. The largest absolute Gasteiger partial charge is 0.416 e. The monoisotopic (exact) mass is 354 g/mol. The number of aliphatic hydroxyl groups excluding tert-OH is 1. The van der Waals surface area contributed by atoms with Crippen LogP contribution in [0.4, 0.5) is 13.2 Å². The van der Waals surface area contributed by atoms with Gasteiger partial charge in [0.15, 0.2) is 0 Å². The minimum absolute atomic E-state index is 0.108. The van der Waals surface area contributed by atoms with Gasteiger partial charge in [-0.15, -0.1) is 0 Å². The number of hydrogen-bond donors (Lipinski definition) is 1. The lowest BCUT2D eigenvalue weighted by atomic mass is 10.0. The molecule has 0 saturated carbocycles. The minimum atomic E-state index is -4.45. The van der Waals surface area contributed by atoms with Crippen molar-refractivity contribution < 1.29 is 23.1 Å². The number of β-amino-alcohol motifs (C(OH)–C–C–N with tert-alkyl or cyclic N) is 1. The van der Waals surface area contributed by atoms with Crippen LogP contribution in [0, 0.1) is 0 Å². The number of amides is 1. The lowest BCUT2D eigenvalue weighted by Crippen LogP contribution is -2.32. The fourth-order valence-electron chi connectivity index (χ4n) is 3.03. The molecule has 0 aliphatic carbocycles. The van der Waals surface area contributed by atoms with Crippen LogP contribution in [-0.2, 0) is 17.5 Å². The predicted octanol–water partition coefficient (Wildman–Crippen LogP) is 2.02. The maximum Gasteiger partial charge on any atom is 0.416 e. The highest BCUT2D eigenvalue weighted by molar-refractivity contribution is 5.77. The van der Waals surface area contributed by atoms with Crippen molar-refractivity contribution in [3.8, 4) is 0 Å². The number of halogens is 3. The molecule has 134 valence electrons. The van der Waals surface area contributed by atoms with Gasteiger partial charge >= 0.3 is 6.18 Å². The van der Waals surface area contributed by atoms with Crippen molar-refractivity contribution in [1.29, 1.82) is 0 Å². The number of likely N-dealkylation sites (tertiary alicyclic amines) is 1. The zero-order chi connectivity index (χ0) is 18.0. The van der Waals surface area contributed by atoms with E-state index < -0.39 is 23.9 Å². The smallest absolute Gasteiger partial charge is 0.391 e. The van der Waals surface area contributed by atoms with Gasteiger partial charge in [0.1, 0.15) is 12.7 Å². The van der Waals surface area contributed by atoms with Crippen LogP contribution in [0.1, 0.15) is 30.0 Å². The molecule has 1 N–H and O–H groups in total. The second-order valence-corrected chi connectivity index (χ2v) is 5.98. The van der Waals surface area contributed by atoms with Gasteiger partial charge in [0.05, 0.1) is 24.3 Å². The van der Waals surface area contributed by atoms with Gasteiger partial charge in [-0.2, -0.15) is 18.3 Å². The molecule has 0 radical (unpaired) electrons. The van der Waals surface area contributed by atoms with Crippen molar-refractivity contribution in [2.24, 2.45) is 0 Å². The molecule has 3 rings (SSSR count). The first-order chi connectivity index (χ1) is 11.8. The van der Waals surface area contributed by atoms with E-state index in [1.165, 1.54) is 28.3 Å². The van der Waals surface area contributed by atoms with Crippen LogP contribution in [0.3, 0.4) is 0 Å². The van der Waals surface area contributed by atoms with E-state index >= 15 is 0 Å². The van der Waals surface area contributed by atoms with Gasteiger partial charge in [-0.25, -0.2) is 4.98 Å². The maximum atomic E-state index is 12.9. The Hall–Kier alpha value is -2.42. The molecule has 0 bridgehead atoms. The first-order valence-electron chi connectivity index (χ1n) is 7.81. The number of hydrogen-bond acceptors (Lipinski definition) is 4. The van der Waals surface area contributed by atoms with E-state index in [4.69, 9.17) is 0 Å². The Kier molecular flexibility index (Phi) is 4.76. The van der Waals surface area contributed by atoms with Crippen LogP contribution in [-0.4, -0.2) is 43.3 Å². The first-order valence-corrected chi connectivity index (χ1v) is 7.81. The van der Waals surface area contributed by atoms with Crippen LogP contribution in [0.25, 0.3) is 0 Å². The topological polar surface area (TPSA) is 71.2 Å². The minimum Gasteiger partial charge on any atom is -0.391 e. The summed E-state index contributed by atoms with van der Waals surface area (Å²) in [7, 11) is 0. The molecule has 1 aliphatic heterocycles. The average Bonchev–Trinajstić information content (AvgIpc) is 3.21. The van der Waals surface area contributed by atoms with Gasteiger partial charge in [0, 0.05) is 13.0 Å². The molecule has 2 aromatic rings. The molecule has 0 spiro atoms. The third kappa shape index (κ3) is 3.98. The third-order valence-electron chi connectivity index (χ3n) is 4.22. The van der Waals surface area contributed by atoms with E-state index in [2.05, 4.69) is 10.1 Å². The summed E-state index contributed by atoms with van der Waals surface area (Å²) in [4.78, 5) is 17.7. The van der Waals surface area contributed by atoms with E-state index in [-0.39, 0.29) is 25.3 Å². The SMILES string of the molecule is O=C(CCn1cncn1)N1C[C@@H](O)C[C@H]1c1cccc(C(F)(F)F)c1. The van der Waals surface area contributed by atoms with E-state index in [9.17, 15) is 23.1 Å². The summed E-state index contributed by atoms with van der Waals surface area (Å²) in [6.07, 6.45) is -2.02. The number of rotatable bonds is 4. The number of carbonyl (C=O) groups excluding carboxylic acids is 1. The van der Waals surface area contributed by atoms with Gasteiger partial charge < -0.3 is 10.0 Å². The third-order valence-corrected chi connectivity index (χ3v) is 4.22. The summed E-state index contributed by atoms with van der Waals surface area (Å²) in [5.74, 6) is -0.241. The van der Waals surface area contributed by atoms with E-state index in [1.807, 2.05) is 0 Å². The summed E-state index contributed by atoms with van der Waals surface area (Å²) < 4.78 is 40.3. The zero-order valence-corrected chi connectivity index (χ0v) is 13.2. The van der Waals surface area contributed by atoms with Crippen LogP contribution in [0.5, 0.6) is 0 Å². The van der Waals surface area contributed by atoms with Gasteiger partial charge in [-0.1, -0.05) is 12.1 Å². The van der Waals surface area contributed by atoms with Crippen molar-refractivity contribution in [2.75, 3.05) is 6.54 Å². The van der Waals surface area contributed by atoms with E-state index in [0.717, 1.165) is 12.1 Å². The molecule has 1 aromatic heterocycles. The van der Waals surface area contributed by atoms with Crippen LogP contribution in [0.15, 0.2) is 36.9 Å². The van der Waals surface area contributed by atoms with Crippen molar-refractivity contribution in [1.82, 2.24) is 19.7 Å². The molecule has 9 heteroatoms. The van der Waals surface area contributed by atoms with E-state index in [1.54, 1.807) is 6.07 Å². The van der Waals surface area contributed by atoms with Crippen molar-refractivity contribution in [3.05, 3.63) is 48.0 Å². The number of aromatic nitrogens is 3. The second kappa shape index (κ2) is 6.83. The molecule has 2 atom stereocenters. The predicted molar refractivity (Wildman–Crippen MR) is 81.2 cm³/mol. The van der Waals surface area contributed by atoms with Crippen molar-refractivity contribution >= 4 is 5.91 Å². The molecular weight excluding hydrogens is 337 g/mol. The Balaban J connectivity index is 1.76. The lowest BCUT2D eigenvalue weighted by Gasteiger charge is -2.25. The Morgan fingerprint density at radius 1 is 1.36 bits per heavy atom. The molecular formula is C16H17F3N4O2. The molecule has 1 saturated heterocycles. The highest BCUT2D eigenvalue weighted by atomic mass is 19.4. The fraction of sp³-hybridized carbons (Fsp3) is 0.438. The van der Waals surface area contributed by atoms with Gasteiger partial charge in [0.25, 0.3) is 0 Å². The molecule has 25 heavy (non-hydrogen) atoms. The summed E-state index contributed by atoms with van der Waals surface area (Å²) in [5, 5.41) is 13.8. The molecule has 0 unspecified atom stereocenters. The quantitative estimate of drug-likeness (QED) is 0.912. The Morgan fingerprint density at radius 2 is 2.16 bits per heavy atom. The number of alkyl halides is 3. The zero-order valence-electron chi connectivity index (χ0n) is 13.2. The Bertz CT molecular complexity index is 733. The molecule has 1 aromatic carbocycles. The van der Waals surface area contributed by atoms with Crippen LogP contribution >= 0.6 is 0 Å². The lowest BCUT2D eigenvalue weighted by molar-refractivity contribution is -0.137. The summed E-state index contributed by atoms with van der Waals surface area (Å²) >= 11 is 0.